The molecule has 2 rings (SSSR count). The average Bonchev–Trinajstić information content (AvgIpc) is 2.94. The van der Waals surface area contributed by atoms with E-state index < -0.39 is 0 Å². The van der Waals surface area contributed by atoms with Crippen LogP contribution in [0.2, 0.25) is 0 Å². The summed E-state index contributed by atoms with van der Waals surface area (Å²) in [6, 6.07) is 6.20. The number of aryl methyl sites for hydroxylation is 1. The van der Waals surface area contributed by atoms with Gasteiger partial charge in [-0.15, -0.1) is 0 Å². The second kappa shape index (κ2) is 7.77. The van der Waals surface area contributed by atoms with Gasteiger partial charge in [-0.05, 0) is 43.1 Å². The van der Waals surface area contributed by atoms with E-state index in [-0.39, 0.29) is 6.04 Å². The zero-order valence-corrected chi connectivity index (χ0v) is 14.3. The van der Waals surface area contributed by atoms with Crippen molar-refractivity contribution in [2.45, 2.75) is 43.3 Å². The fourth-order valence-electron chi connectivity index (χ4n) is 1.87. The Morgan fingerprint density at radius 1 is 1.38 bits per heavy atom. The van der Waals surface area contributed by atoms with E-state index in [1.807, 2.05) is 26.0 Å². The summed E-state index contributed by atoms with van der Waals surface area (Å²) in [5.41, 5.74) is 8.25. The number of ether oxygens (including phenoxy) is 1. The molecule has 2 aromatic rings. The van der Waals surface area contributed by atoms with Crippen molar-refractivity contribution in [1.29, 1.82) is 0 Å². The predicted octanol–water partition coefficient (Wildman–Crippen LogP) is 3.81. The van der Waals surface area contributed by atoms with E-state index >= 15 is 0 Å². The van der Waals surface area contributed by atoms with Crippen molar-refractivity contribution >= 4 is 23.3 Å². The lowest BCUT2D eigenvalue weighted by atomic mass is 10.1. The smallest absolute Gasteiger partial charge is 0.170 e. The van der Waals surface area contributed by atoms with Crippen LogP contribution in [0.15, 0.2) is 22.5 Å². The van der Waals surface area contributed by atoms with Gasteiger partial charge in [-0.2, -0.15) is 4.37 Å². The van der Waals surface area contributed by atoms with Gasteiger partial charge in [-0.1, -0.05) is 24.8 Å². The molecule has 4 nitrogen and oxygen atoms in total. The van der Waals surface area contributed by atoms with Gasteiger partial charge in [-0.3, -0.25) is 0 Å². The van der Waals surface area contributed by atoms with Crippen LogP contribution in [0, 0.1) is 0 Å². The number of aromatic nitrogens is 2. The lowest BCUT2D eigenvalue weighted by molar-refractivity contribution is 0.337. The molecular formula is C15H21N3OS2. The topological polar surface area (TPSA) is 61.0 Å². The van der Waals surface area contributed by atoms with E-state index in [1.165, 1.54) is 11.5 Å². The molecule has 1 heterocycles. The molecular weight excluding hydrogens is 302 g/mol. The van der Waals surface area contributed by atoms with Gasteiger partial charge >= 0.3 is 0 Å². The number of nitrogens with zero attached hydrogens (tertiary/aromatic N) is 2. The molecule has 1 aromatic carbocycles. The maximum atomic E-state index is 5.97. The van der Waals surface area contributed by atoms with Crippen LogP contribution in [0.5, 0.6) is 5.75 Å². The molecule has 1 unspecified atom stereocenters. The molecule has 1 atom stereocenters. The van der Waals surface area contributed by atoms with Crippen LogP contribution in [0.25, 0.3) is 0 Å². The van der Waals surface area contributed by atoms with Crippen LogP contribution in [-0.2, 0) is 12.2 Å². The van der Waals surface area contributed by atoms with Crippen molar-refractivity contribution in [2.75, 3.05) is 6.61 Å². The van der Waals surface area contributed by atoms with Crippen molar-refractivity contribution in [2.24, 2.45) is 5.73 Å². The molecule has 0 bridgehead atoms. The first-order valence-corrected chi connectivity index (χ1v) is 8.86. The minimum absolute atomic E-state index is 0.0256. The van der Waals surface area contributed by atoms with E-state index in [0.29, 0.717) is 6.61 Å². The quantitative estimate of drug-likeness (QED) is 0.785. The van der Waals surface area contributed by atoms with E-state index in [1.54, 1.807) is 11.8 Å². The second-order valence-corrected chi connectivity index (χ2v) is 6.68. The second-order valence-electron chi connectivity index (χ2n) is 4.71. The number of benzene rings is 1. The van der Waals surface area contributed by atoms with Gasteiger partial charge in [0.25, 0.3) is 0 Å². The Balaban J connectivity index is 2.13. The van der Waals surface area contributed by atoms with Crippen LogP contribution < -0.4 is 10.5 Å². The zero-order chi connectivity index (χ0) is 15.2. The molecule has 2 N–H and O–H groups in total. The largest absolute Gasteiger partial charge is 0.494 e. The van der Waals surface area contributed by atoms with Crippen molar-refractivity contribution < 1.29 is 4.74 Å². The Bertz CT molecular complexity index is 584. The molecule has 0 aliphatic carbocycles. The van der Waals surface area contributed by atoms with Gasteiger partial charge in [0, 0.05) is 23.8 Å². The summed E-state index contributed by atoms with van der Waals surface area (Å²) >= 11 is 3.15. The van der Waals surface area contributed by atoms with Crippen molar-refractivity contribution in [3.63, 3.8) is 0 Å². The molecule has 0 spiro atoms. The highest BCUT2D eigenvalue weighted by atomic mass is 32.2. The summed E-state index contributed by atoms with van der Waals surface area (Å²) in [7, 11) is 0. The Morgan fingerprint density at radius 3 is 2.81 bits per heavy atom. The maximum absolute atomic E-state index is 5.97. The highest BCUT2D eigenvalue weighted by molar-refractivity contribution is 8.00. The Morgan fingerprint density at radius 2 is 2.19 bits per heavy atom. The standard InChI is InChI=1S/C15H21N3OS2/c1-4-14-17-15(21-18-14)20-9-12-8-11(10(3)16)6-7-13(12)19-5-2/h6-8,10H,4-5,9,16H2,1-3H3. The zero-order valence-electron chi connectivity index (χ0n) is 12.6. The van der Waals surface area contributed by atoms with Crippen LogP contribution >= 0.6 is 23.3 Å². The molecule has 114 valence electrons. The number of hydrogen-bond acceptors (Lipinski definition) is 6. The van der Waals surface area contributed by atoms with Crippen molar-refractivity contribution in [1.82, 2.24) is 9.36 Å². The fourth-order valence-corrected chi connectivity index (χ4v) is 3.54. The summed E-state index contributed by atoms with van der Waals surface area (Å²) in [6.07, 6.45) is 0.876. The number of thioether (sulfide) groups is 1. The van der Waals surface area contributed by atoms with Gasteiger partial charge in [-0.25, -0.2) is 4.98 Å². The van der Waals surface area contributed by atoms with Crippen LogP contribution in [0.4, 0.5) is 0 Å². The Kier molecular flexibility index (Phi) is 6.02. The normalized spacial score (nSPS) is 12.4. The number of hydrogen-bond donors (Lipinski definition) is 1. The maximum Gasteiger partial charge on any atom is 0.170 e. The summed E-state index contributed by atoms with van der Waals surface area (Å²) in [5, 5.41) is 0. The van der Waals surface area contributed by atoms with E-state index in [0.717, 1.165) is 39.2 Å². The van der Waals surface area contributed by atoms with Crippen LogP contribution in [0.1, 0.15) is 43.8 Å². The highest BCUT2D eigenvalue weighted by Gasteiger charge is 2.10. The Labute approximate surface area is 134 Å². The minimum Gasteiger partial charge on any atom is -0.494 e. The number of nitrogens with two attached hydrogens (primary N) is 1. The Hall–Kier alpha value is -1.11. The molecule has 0 saturated heterocycles. The molecule has 1 aromatic heterocycles. The third kappa shape index (κ3) is 4.43. The number of rotatable bonds is 7. The molecule has 6 heteroatoms. The van der Waals surface area contributed by atoms with Gasteiger partial charge < -0.3 is 10.5 Å². The third-order valence-corrected chi connectivity index (χ3v) is 4.95. The SMILES string of the molecule is CCOc1ccc(C(C)N)cc1CSc1nc(CC)ns1. The predicted molar refractivity (Wildman–Crippen MR) is 89.1 cm³/mol. The van der Waals surface area contributed by atoms with Crippen molar-refractivity contribution in [3.05, 3.63) is 35.2 Å². The van der Waals surface area contributed by atoms with E-state index in [2.05, 4.69) is 22.3 Å². The van der Waals surface area contributed by atoms with Gasteiger partial charge in [0.15, 0.2) is 4.34 Å². The first-order chi connectivity index (χ1) is 10.1. The molecule has 0 aliphatic heterocycles. The first kappa shape index (κ1) is 16.3. The average molecular weight is 323 g/mol. The lowest BCUT2D eigenvalue weighted by Crippen LogP contribution is -2.06. The van der Waals surface area contributed by atoms with Gasteiger partial charge in [0.1, 0.15) is 11.6 Å². The molecule has 21 heavy (non-hydrogen) atoms. The summed E-state index contributed by atoms with van der Waals surface area (Å²) in [6.45, 7) is 6.71. The summed E-state index contributed by atoms with van der Waals surface area (Å²) in [5.74, 6) is 2.65. The van der Waals surface area contributed by atoms with Gasteiger partial charge in [0.2, 0.25) is 0 Å². The fraction of sp³-hybridized carbons (Fsp3) is 0.467. The third-order valence-electron chi connectivity index (χ3n) is 3.03. The molecule has 0 radical (unpaired) electrons. The molecule has 0 saturated carbocycles. The summed E-state index contributed by atoms with van der Waals surface area (Å²) < 4.78 is 11.0. The van der Waals surface area contributed by atoms with Crippen LogP contribution in [0.3, 0.4) is 0 Å². The minimum atomic E-state index is 0.0256. The first-order valence-electron chi connectivity index (χ1n) is 7.10. The highest BCUT2D eigenvalue weighted by Crippen LogP contribution is 2.30. The van der Waals surface area contributed by atoms with Crippen molar-refractivity contribution in [3.8, 4) is 5.75 Å². The monoisotopic (exact) mass is 323 g/mol. The van der Waals surface area contributed by atoms with Crippen LogP contribution in [-0.4, -0.2) is 16.0 Å². The lowest BCUT2D eigenvalue weighted by Gasteiger charge is -2.13. The molecule has 0 fully saturated rings. The summed E-state index contributed by atoms with van der Waals surface area (Å²) in [4.78, 5) is 4.48. The van der Waals surface area contributed by atoms with E-state index in [9.17, 15) is 0 Å². The molecule has 0 aliphatic rings. The van der Waals surface area contributed by atoms with Gasteiger partial charge in [0.05, 0.1) is 6.61 Å². The molecule has 0 amide bonds. The van der Waals surface area contributed by atoms with E-state index in [4.69, 9.17) is 10.5 Å².